The maximum absolute atomic E-state index is 13.0. The number of rotatable bonds is 10. The number of halogens is 4. The van der Waals surface area contributed by atoms with Crippen LogP contribution in [-0.2, 0) is 6.18 Å². The molecule has 1 amide bonds. The van der Waals surface area contributed by atoms with Crippen LogP contribution in [0.1, 0.15) is 28.4 Å². The molecule has 0 heterocycles. The Bertz CT molecular complexity index is 1410. The van der Waals surface area contributed by atoms with Gasteiger partial charge in [-0.15, -0.1) is 0 Å². The molecule has 0 spiro atoms. The molecule has 1 N–H and O–H groups in total. The summed E-state index contributed by atoms with van der Waals surface area (Å²) in [7, 11) is 2.71. The molecule has 0 aromatic heterocycles. The van der Waals surface area contributed by atoms with Gasteiger partial charge in [0.05, 0.1) is 42.6 Å². The van der Waals surface area contributed by atoms with E-state index in [1.54, 1.807) is 6.07 Å². The van der Waals surface area contributed by atoms with Crippen molar-refractivity contribution in [3.8, 4) is 28.7 Å². The van der Waals surface area contributed by atoms with Crippen LogP contribution in [0.2, 0.25) is 5.02 Å². The van der Waals surface area contributed by atoms with Crippen molar-refractivity contribution in [2.75, 3.05) is 20.8 Å². The van der Waals surface area contributed by atoms with E-state index in [4.69, 9.17) is 30.5 Å². The fourth-order valence-electron chi connectivity index (χ4n) is 3.26. The number of nitro groups is 1. The summed E-state index contributed by atoms with van der Waals surface area (Å²) in [6, 6.07) is 9.18. The second-order valence-corrected chi connectivity index (χ2v) is 7.98. The van der Waals surface area contributed by atoms with Crippen molar-refractivity contribution in [1.29, 1.82) is 0 Å². The normalized spacial score (nSPS) is 11.3. The minimum absolute atomic E-state index is 0.000668. The number of hydrogen-bond donors (Lipinski definition) is 1. The Hall–Kier alpha value is -4.52. The molecule has 0 atom stereocenters. The summed E-state index contributed by atoms with van der Waals surface area (Å²) in [5, 5.41) is 15.2. The number of hydrazone groups is 1. The number of nitro benzene ring substituents is 1. The second kappa shape index (κ2) is 12.3. The third-order valence-corrected chi connectivity index (χ3v) is 5.33. The zero-order valence-corrected chi connectivity index (χ0v) is 21.4. The van der Waals surface area contributed by atoms with Crippen molar-refractivity contribution >= 4 is 29.4 Å². The predicted octanol–water partition coefficient (Wildman–Crippen LogP) is 6.24. The van der Waals surface area contributed by atoms with E-state index in [1.807, 2.05) is 6.92 Å². The highest BCUT2D eigenvalue weighted by Gasteiger charge is 2.33. The van der Waals surface area contributed by atoms with Crippen LogP contribution in [0.5, 0.6) is 28.7 Å². The van der Waals surface area contributed by atoms with E-state index >= 15 is 0 Å². The topological polar surface area (TPSA) is 122 Å². The van der Waals surface area contributed by atoms with E-state index in [9.17, 15) is 28.1 Å². The van der Waals surface area contributed by atoms with Crippen molar-refractivity contribution < 1.29 is 41.8 Å². The van der Waals surface area contributed by atoms with Crippen LogP contribution >= 0.6 is 11.6 Å². The van der Waals surface area contributed by atoms with Gasteiger partial charge in [-0.3, -0.25) is 14.9 Å². The first-order chi connectivity index (χ1) is 18.5. The van der Waals surface area contributed by atoms with Gasteiger partial charge in [-0.2, -0.15) is 18.3 Å². The third-order valence-electron chi connectivity index (χ3n) is 5.05. The number of methoxy groups -OCH3 is 2. The molecule has 0 aliphatic heterocycles. The van der Waals surface area contributed by atoms with Gasteiger partial charge in [0.2, 0.25) is 5.75 Å². The largest absolute Gasteiger partial charge is 0.493 e. The lowest BCUT2D eigenvalue weighted by atomic mass is 10.1. The Morgan fingerprint density at radius 2 is 1.74 bits per heavy atom. The first-order valence-corrected chi connectivity index (χ1v) is 11.4. The summed E-state index contributed by atoms with van der Waals surface area (Å²) in [5.74, 6) is -0.349. The van der Waals surface area contributed by atoms with Crippen molar-refractivity contribution in [3.05, 3.63) is 80.4 Å². The van der Waals surface area contributed by atoms with Crippen LogP contribution in [0.15, 0.2) is 53.6 Å². The number of nitrogens with zero attached hydrogens (tertiary/aromatic N) is 2. The molecule has 0 saturated carbocycles. The Balaban J connectivity index is 1.81. The second-order valence-electron chi connectivity index (χ2n) is 7.57. The zero-order valence-electron chi connectivity index (χ0n) is 20.7. The van der Waals surface area contributed by atoms with Crippen molar-refractivity contribution in [1.82, 2.24) is 5.43 Å². The lowest BCUT2D eigenvalue weighted by Gasteiger charge is -2.14. The molecule has 0 unspecified atom stereocenters. The number of carbonyl (C=O) groups excluding carboxylic acids is 1. The van der Waals surface area contributed by atoms with Gasteiger partial charge in [0.15, 0.2) is 23.0 Å². The average Bonchev–Trinajstić information content (AvgIpc) is 2.89. The molecule has 0 bridgehead atoms. The molecule has 0 saturated heterocycles. The van der Waals surface area contributed by atoms with Crippen LogP contribution in [0.25, 0.3) is 0 Å². The smallest absolute Gasteiger partial charge is 0.416 e. The first kappa shape index (κ1) is 29.0. The Morgan fingerprint density at radius 1 is 1.05 bits per heavy atom. The maximum Gasteiger partial charge on any atom is 0.416 e. The molecule has 14 heteroatoms. The van der Waals surface area contributed by atoms with Gasteiger partial charge in [0, 0.05) is 11.6 Å². The summed E-state index contributed by atoms with van der Waals surface area (Å²) in [6.07, 6.45) is -3.53. The first-order valence-electron chi connectivity index (χ1n) is 11.0. The van der Waals surface area contributed by atoms with Crippen LogP contribution < -0.4 is 24.4 Å². The highest BCUT2D eigenvalue weighted by molar-refractivity contribution is 6.32. The van der Waals surface area contributed by atoms with E-state index in [0.29, 0.717) is 35.8 Å². The molecule has 10 nitrogen and oxygen atoms in total. The molecule has 3 rings (SSSR count). The van der Waals surface area contributed by atoms with Crippen LogP contribution in [0.3, 0.4) is 0 Å². The summed E-state index contributed by atoms with van der Waals surface area (Å²) in [4.78, 5) is 22.8. The average molecular weight is 568 g/mol. The van der Waals surface area contributed by atoms with Gasteiger partial charge in [0.25, 0.3) is 5.91 Å². The number of nitrogens with one attached hydrogen (secondary N) is 1. The molecule has 3 aromatic carbocycles. The van der Waals surface area contributed by atoms with E-state index in [2.05, 4.69) is 10.5 Å². The van der Waals surface area contributed by atoms with Crippen LogP contribution in [-0.4, -0.2) is 37.9 Å². The molecule has 0 radical (unpaired) electrons. The summed E-state index contributed by atoms with van der Waals surface area (Å²) < 4.78 is 60.3. The Morgan fingerprint density at radius 3 is 2.36 bits per heavy atom. The minimum atomic E-state index is -4.78. The SMILES string of the molecule is CCOc1ccc(C(=O)N/N=C/c2cc(Cl)c(Oc3ccc(C(F)(F)F)cc3[N+](=O)[O-])c(OC)c2)cc1OC. The minimum Gasteiger partial charge on any atom is -0.493 e. The number of hydrogen-bond acceptors (Lipinski definition) is 8. The zero-order chi connectivity index (χ0) is 28.7. The van der Waals surface area contributed by atoms with E-state index in [0.717, 1.165) is 6.07 Å². The van der Waals surface area contributed by atoms with Gasteiger partial charge >= 0.3 is 11.9 Å². The molecule has 39 heavy (non-hydrogen) atoms. The molecule has 0 fully saturated rings. The van der Waals surface area contributed by atoms with E-state index in [1.165, 1.54) is 44.7 Å². The fourth-order valence-corrected chi connectivity index (χ4v) is 3.52. The molecule has 0 aliphatic rings. The predicted molar refractivity (Wildman–Crippen MR) is 135 cm³/mol. The number of alkyl halides is 3. The van der Waals surface area contributed by atoms with Crippen molar-refractivity contribution in [2.24, 2.45) is 5.10 Å². The van der Waals surface area contributed by atoms with E-state index < -0.39 is 34.0 Å². The quantitative estimate of drug-likeness (QED) is 0.175. The lowest BCUT2D eigenvalue weighted by molar-refractivity contribution is -0.385. The molecular formula is C25H21ClF3N3O7. The number of benzene rings is 3. The van der Waals surface area contributed by atoms with Crippen molar-refractivity contribution in [2.45, 2.75) is 13.1 Å². The Kier molecular flexibility index (Phi) is 9.20. The Labute approximate surface area is 225 Å². The number of carbonyl (C=O) groups is 1. The van der Waals surface area contributed by atoms with E-state index in [-0.39, 0.29) is 22.1 Å². The lowest BCUT2D eigenvalue weighted by Crippen LogP contribution is -2.17. The summed E-state index contributed by atoms with van der Waals surface area (Å²) in [5.41, 5.74) is 0.823. The van der Waals surface area contributed by atoms with Gasteiger partial charge in [-0.05, 0) is 55.0 Å². The highest BCUT2D eigenvalue weighted by Crippen LogP contribution is 2.43. The van der Waals surface area contributed by atoms with Crippen molar-refractivity contribution in [3.63, 3.8) is 0 Å². The molecule has 0 aliphatic carbocycles. The fraction of sp³-hybridized carbons (Fsp3) is 0.200. The third kappa shape index (κ3) is 7.08. The molecule has 3 aromatic rings. The molecular weight excluding hydrogens is 547 g/mol. The monoisotopic (exact) mass is 567 g/mol. The van der Waals surface area contributed by atoms with Crippen LogP contribution in [0, 0.1) is 10.1 Å². The molecule has 206 valence electrons. The maximum atomic E-state index is 13.0. The standard InChI is InChI=1S/C25H21ClF3N3O7/c1-4-38-20-7-5-15(11-21(20)36-2)24(33)31-30-13-14-9-17(26)23(22(10-14)37-3)39-19-8-6-16(25(27,28)29)12-18(19)32(34)35/h5-13H,4H2,1-3H3,(H,31,33)/b30-13+. The van der Waals surface area contributed by atoms with Gasteiger partial charge in [-0.1, -0.05) is 11.6 Å². The summed E-state index contributed by atoms with van der Waals surface area (Å²) in [6.45, 7) is 2.23. The number of ether oxygens (including phenoxy) is 4. The van der Waals surface area contributed by atoms with Crippen LogP contribution in [0.4, 0.5) is 18.9 Å². The number of amides is 1. The summed E-state index contributed by atoms with van der Waals surface area (Å²) >= 11 is 6.28. The van der Waals surface area contributed by atoms with Gasteiger partial charge in [-0.25, -0.2) is 5.43 Å². The van der Waals surface area contributed by atoms with Gasteiger partial charge < -0.3 is 18.9 Å². The van der Waals surface area contributed by atoms with Gasteiger partial charge in [0.1, 0.15) is 0 Å². The highest BCUT2D eigenvalue weighted by atomic mass is 35.5.